The van der Waals surface area contributed by atoms with Gasteiger partial charge in [0.1, 0.15) is 11.5 Å². The molecule has 4 nitrogen and oxygen atoms in total. The van der Waals surface area contributed by atoms with Crippen LogP contribution in [0.5, 0.6) is 0 Å². The highest BCUT2D eigenvalue weighted by Crippen LogP contribution is 2.36. The van der Waals surface area contributed by atoms with Crippen molar-refractivity contribution in [3.05, 3.63) is 46.5 Å². The van der Waals surface area contributed by atoms with Gasteiger partial charge in [-0.15, -0.1) is 11.3 Å². The van der Waals surface area contributed by atoms with Crippen molar-refractivity contribution in [1.29, 1.82) is 0 Å². The third-order valence-electron chi connectivity index (χ3n) is 4.15. The minimum atomic E-state index is -0.00630. The van der Waals surface area contributed by atoms with Crippen molar-refractivity contribution in [3.8, 4) is 0 Å². The van der Waals surface area contributed by atoms with Gasteiger partial charge in [-0.3, -0.25) is 4.79 Å². The fourth-order valence-electron chi connectivity index (χ4n) is 2.83. The van der Waals surface area contributed by atoms with Crippen molar-refractivity contribution >= 4 is 23.0 Å². The topological polar surface area (TPSA) is 45.8 Å². The first-order chi connectivity index (χ1) is 10.7. The molecule has 116 valence electrons. The third-order valence-corrected chi connectivity index (χ3v) is 5.12. The first kappa shape index (κ1) is 15.0. The lowest BCUT2D eigenvalue weighted by Gasteiger charge is -2.24. The molecule has 3 heterocycles. The molecule has 0 N–H and O–H groups in total. The lowest BCUT2D eigenvalue weighted by Crippen LogP contribution is -2.32. The zero-order valence-corrected chi connectivity index (χ0v) is 13.7. The number of thiophene rings is 1. The van der Waals surface area contributed by atoms with E-state index in [-0.39, 0.29) is 17.9 Å². The van der Waals surface area contributed by atoms with E-state index in [1.165, 1.54) is 4.88 Å². The second-order valence-corrected chi connectivity index (χ2v) is 6.43. The molecular formula is C17H20N2O2S. The summed E-state index contributed by atoms with van der Waals surface area (Å²) >= 11 is 1.67. The van der Waals surface area contributed by atoms with E-state index in [1.54, 1.807) is 22.6 Å². The average Bonchev–Trinajstić information content (AvgIpc) is 3.27. The predicted octanol–water partition coefficient (Wildman–Crippen LogP) is 4.46. The molecule has 0 spiro atoms. The molecule has 5 heteroatoms. The predicted molar refractivity (Wildman–Crippen MR) is 87.8 cm³/mol. The van der Waals surface area contributed by atoms with Crippen LogP contribution >= 0.6 is 11.3 Å². The first-order valence-corrected chi connectivity index (χ1v) is 8.60. The summed E-state index contributed by atoms with van der Waals surface area (Å²) in [7, 11) is 0. The van der Waals surface area contributed by atoms with Crippen LogP contribution in [-0.2, 0) is 4.79 Å². The highest BCUT2D eigenvalue weighted by molar-refractivity contribution is 7.10. The molecule has 2 aromatic heterocycles. The van der Waals surface area contributed by atoms with Crippen molar-refractivity contribution in [3.63, 3.8) is 0 Å². The second-order valence-electron chi connectivity index (χ2n) is 5.46. The van der Waals surface area contributed by atoms with Crippen LogP contribution in [0.25, 0.3) is 0 Å². The summed E-state index contributed by atoms with van der Waals surface area (Å²) in [5.41, 5.74) is 0.850. The number of nitrogens with zero attached hydrogens (tertiary/aromatic N) is 2. The molecule has 0 aromatic carbocycles. The fraction of sp³-hybridized carbons (Fsp3) is 0.412. The second kappa shape index (κ2) is 6.48. The SMILES string of the molecule is CCC(CC)C(=O)N1N=C(c2ccco2)C[C@H]1c1cccs1. The van der Waals surface area contributed by atoms with Gasteiger partial charge in [-0.25, -0.2) is 5.01 Å². The van der Waals surface area contributed by atoms with Crippen LogP contribution in [0.2, 0.25) is 0 Å². The minimum absolute atomic E-state index is 0.00630. The standard InChI is InChI=1S/C17H20N2O2S/c1-3-12(4-2)17(20)19-14(16-8-6-10-22-16)11-13(18-19)15-7-5-9-21-15/h5-10,12,14H,3-4,11H2,1-2H3/t14-/m0/s1. The molecule has 2 aromatic rings. The van der Waals surface area contributed by atoms with Crippen LogP contribution in [0, 0.1) is 5.92 Å². The Labute approximate surface area is 134 Å². The number of carbonyl (C=O) groups excluding carboxylic acids is 1. The van der Waals surface area contributed by atoms with Gasteiger partial charge in [0.15, 0.2) is 0 Å². The van der Waals surface area contributed by atoms with E-state index < -0.39 is 0 Å². The molecule has 0 saturated heterocycles. The molecule has 0 radical (unpaired) electrons. The number of amides is 1. The molecule has 3 rings (SSSR count). The van der Waals surface area contributed by atoms with Gasteiger partial charge < -0.3 is 4.42 Å². The van der Waals surface area contributed by atoms with Crippen molar-refractivity contribution in [2.24, 2.45) is 11.0 Å². The summed E-state index contributed by atoms with van der Waals surface area (Å²) in [6.07, 6.45) is 4.03. The van der Waals surface area contributed by atoms with Gasteiger partial charge in [0, 0.05) is 17.2 Å². The van der Waals surface area contributed by atoms with Crippen molar-refractivity contribution < 1.29 is 9.21 Å². The molecule has 22 heavy (non-hydrogen) atoms. The number of rotatable bonds is 5. The smallest absolute Gasteiger partial charge is 0.246 e. The molecule has 0 bridgehead atoms. The van der Waals surface area contributed by atoms with E-state index in [1.807, 2.05) is 23.6 Å². The maximum atomic E-state index is 12.8. The van der Waals surface area contributed by atoms with E-state index in [0.717, 1.165) is 24.3 Å². The summed E-state index contributed by atoms with van der Waals surface area (Å²) in [5, 5.41) is 8.32. The summed E-state index contributed by atoms with van der Waals surface area (Å²) < 4.78 is 5.46. The Kier molecular flexibility index (Phi) is 4.43. The summed E-state index contributed by atoms with van der Waals surface area (Å²) in [5.74, 6) is 0.897. The van der Waals surface area contributed by atoms with Crippen molar-refractivity contribution in [2.75, 3.05) is 0 Å². The maximum absolute atomic E-state index is 12.8. The molecule has 0 aliphatic carbocycles. The first-order valence-electron chi connectivity index (χ1n) is 7.72. The van der Waals surface area contributed by atoms with Gasteiger partial charge in [-0.05, 0) is 36.4 Å². The number of furan rings is 1. The summed E-state index contributed by atoms with van der Waals surface area (Å²) in [6, 6.07) is 7.83. The van der Waals surface area contributed by atoms with Crippen LogP contribution in [0.15, 0.2) is 45.4 Å². The van der Waals surface area contributed by atoms with Gasteiger partial charge in [0.2, 0.25) is 5.91 Å². The fourth-order valence-corrected chi connectivity index (χ4v) is 3.64. The Morgan fingerprint density at radius 2 is 2.23 bits per heavy atom. The van der Waals surface area contributed by atoms with Gasteiger partial charge in [0.25, 0.3) is 0 Å². The van der Waals surface area contributed by atoms with E-state index >= 15 is 0 Å². The molecule has 0 fully saturated rings. The normalized spacial score (nSPS) is 18.0. The van der Waals surface area contributed by atoms with Gasteiger partial charge in [-0.2, -0.15) is 5.10 Å². The summed E-state index contributed by atoms with van der Waals surface area (Å²) in [6.45, 7) is 4.11. The van der Waals surface area contributed by atoms with Gasteiger partial charge >= 0.3 is 0 Å². The zero-order valence-electron chi connectivity index (χ0n) is 12.9. The van der Waals surface area contributed by atoms with E-state index in [9.17, 15) is 4.79 Å². The number of hydrogen-bond donors (Lipinski definition) is 0. The Balaban J connectivity index is 1.92. The van der Waals surface area contributed by atoms with Crippen LogP contribution in [0.3, 0.4) is 0 Å². The molecule has 1 aliphatic heterocycles. The Morgan fingerprint density at radius 3 is 2.82 bits per heavy atom. The molecular weight excluding hydrogens is 296 g/mol. The molecule has 0 unspecified atom stereocenters. The quantitative estimate of drug-likeness (QED) is 0.818. The van der Waals surface area contributed by atoms with Crippen LogP contribution in [0.1, 0.15) is 49.8 Å². The number of hydrazone groups is 1. The Morgan fingerprint density at radius 1 is 1.41 bits per heavy atom. The van der Waals surface area contributed by atoms with Gasteiger partial charge in [0.05, 0.1) is 12.3 Å². The van der Waals surface area contributed by atoms with E-state index in [2.05, 4.69) is 25.0 Å². The van der Waals surface area contributed by atoms with Crippen molar-refractivity contribution in [2.45, 2.75) is 39.2 Å². The lowest BCUT2D eigenvalue weighted by molar-refractivity contribution is -0.137. The summed E-state index contributed by atoms with van der Waals surface area (Å²) in [4.78, 5) is 14.0. The largest absolute Gasteiger partial charge is 0.463 e. The maximum Gasteiger partial charge on any atom is 0.246 e. The van der Waals surface area contributed by atoms with Crippen LogP contribution in [-0.4, -0.2) is 16.6 Å². The zero-order chi connectivity index (χ0) is 15.5. The van der Waals surface area contributed by atoms with Crippen molar-refractivity contribution in [1.82, 2.24) is 5.01 Å². The van der Waals surface area contributed by atoms with E-state index in [4.69, 9.17) is 4.42 Å². The lowest BCUT2D eigenvalue weighted by atomic mass is 10.0. The molecule has 0 saturated carbocycles. The number of carbonyl (C=O) groups is 1. The third kappa shape index (κ3) is 2.73. The highest BCUT2D eigenvalue weighted by atomic mass is 32.1. The molecule has 1 aliphatic rings. The minimum Gasteiger partial charge on any atom is -0.463 e. The Hall–Kier alpha value is -1.88. The number of hydrogen-bond acceptors (Lipinski definition) is 4. The monoisotopic (exact) mass is 316 g/mol. The molecule has 1 amide bonds. The van der Waals surface area contributed by atoms with Crippen LogP contribution < -0.4 is 0 Å². The average molecular weight is 316 g/mol. The van der Waals surface area contributed by atoms with Gasteiger partial charge in [-0.1, -0.05) is 19.9 Å². The van der Waals surface area contributed by atoms with Crippen LogP contribution in [0.4, 0.5) is 0 Å². The molecule has 1 atom stereocenters. The highest BCUT2D eigenvalue weighted by Gasteiger charge is 2.36. The van der Waals surface area contributed by atoms with E-state index in [0.29, 0.717) is 6.42 Å². The Bertz CT molecular complexity index is 642.